The van der Waals surface area contributed by atoms with Crippen molar-refractivity contribution in [3.63, 3.8) is 0 Å². The highest BCUT2D eigenvalue weighted by molar-refractivity contribution is 9.10. The highest BCUT2D eigenvalue weighted by Gasteiger charge is 2.10. The van der Waals surface area contributed by atoms with Crippen LogP contribution in [0.2, 0.25) is 0 Å². The third-order valence-corrected chi connectivity index (χ3v) is 3.24. The molecule has 0 saturated carbocycles. The minimum atomic E-state index is 0.329. The van der Waals surface area contributed by atoms with Crippen LogP contribution in [0.15, 0.2) is 22.9 Å². The largest absolute Gasteiger partial charge is 0.249 e. The molecule has 0 bridgehead atoms. The zero-order valence-corrected chi connectivity index (χ0v) is 10.6. The van der Waals surface area contributed by atoms with Crippen LogP contribution in [0.1, 0.15) is 26.3 Å². The summed E-state index contributed by atoms with van der Waals surface area (Å²) in [6, 6.07) is 4.13. The number of hydrogen-bond acceptors (Lipinski definition) is 2. The Morgan fingerprint density at radius 2 is 2.15 bits per heavy atom. The fourth-order valence-corrected chi connectivity index (χ4v) is 2.02. The molecule has 0 spiro atoms. The van der Waals surface area contributed by atoms with Crippen LogP contribution in [0.4, 0.5) is 0 Å². The van der Waals surface area contributed by atoms with E-state index in [0.29, 0.717) is 4.75 Å². The van der Waals surface area contributed by atoms with Gasteiger partial charge in [0.15, 0.2) is 0 Å². The van der Waals surface area contributed by atoms with Gasteiger partial charge in [-0.1, -0.05) is 20.8 Å². The number of nitrogens with zero attached hydrogens (tertiary/aromatic N) is 1. The Morgan fingerprint density at radius 3 is 2.69 bits per heavy atom. The van der Waals surface area contributed by atoms with E-state index >= 15 is 0 Å². The summed E-state index contributed by atoms with van der Waals surface area (Å²) in [5.41, 5.74) is 1.32. The van der Waals surface area contributed by atoms with Crippen LogP contribution in [-0.4, -0.2) is 9.73 Å². The molecular formula is C10H14BrNS. The number of aromatic nitrogens is 1. The van der Waals surface area contributed by atoms with Crippen molar-refractivity contribution in [3.8, 4) is 0 Å². The first-order valence-electron chi connectivity index (χ1n) is 4.22. The normalized spacial score (nSPS) is 11.7. The molecule has 72 valence electrons. The fraction of sp³-hybridized carbons (Fsp3) is 0.500. The molecule has 0 N–H and O–H groups in total. The predicted molar refractivity (Wildman–Crippen MR) is 63.0 cm³/mol. The minimum Gasteiger partial charge on any atom is -0.249 e. The van der Waals surface area contributed by atoms with Crippen LogP contribution in [0.5, 0.6) is 0 Å². The van der Waals surface area contributed by atoms with Gasteiger partial charge < -0.3 is 0 Å². The Bertz CT molecular complexity index is 280. The monoisotopic (exact) mass is 259 g/mol. The average Bonchev–Trinajstić information content (AvgIpc) is 2.00. The number of thioether (sulfide) groups is 1. The van der Waals surface area contributed by atoms with E-state index in [1.54, 1.807) is 0 Å². The molecule has 0 aliphatic carbocycles. The zero-order chi connectivity index (χ0) is 9.90. The Hall–Kier alpha value is -0.0200. The van der Waals surface area contributed by atoms with Crippen LogP contribution >= 0.6 is 27.7 Å². The maximum atomic E-state index is 4.09. The third-order valence-electron chi connectivity index (χ3n) is 1.46. The Morgan fingerprint density at radius 1 is 1.46 bits per heavy atom. The van der Waals surface area contributed by atoms with Crippen LogP contribution < -0.4 is 0 Å². The average molecular weight is 260 g/mol. The van der Waals surface area contributed by atoms with Crippen molar-refractivity contribution in [1.82, 2.24) is 4.98 Å². The molecule has 13 heavy (non-hydrogen) atoms. The van der Waals surface area contributed by atoms with Gasteiger partial charge in [-0.05, 0) is 33.6 Å². The molecule has 0 unspecified atom stereocenters. The number of rotatable bonds is 2. The van der Waals surface area contributed by atoms with E-state index in [9.17, 15) is 0 Å². The zero-order valence-electron chi connectivity index (χ0n) is 8.17. The lowest BCUT2D eigenvalue weighted by molar-refractivity contribution is 0.802. The van der Waals surface area contributed by atoms with E-state index in [1.165, 1.54) is 5.56 Å². The van der Waals surface area contributed by atoms with Crippen molar-refractivity contribution >= 4 is 27.7 Å². The molecule has 3 heteroatoms. The third kappa shape index (κ3) is 4.67. The molecule has 0 atom stereocenters. The molecule has 1 aromatic rings. The predicted octanol–water partition coefficient (Wildman–Crippen LogP) is 3.88. The van der Waals surface area contributed by atoms with Gasteiger partial charge in [0.25, 0.3) is 0 Å². The van der Waals surface area contributed by atoms with Gasteiger partial charge >= 0.3 is 0 Å². The lowest BCUT2D eigenvalue weighted by Gasteiger charge is -2.17. The van der Waals surface area contributed by atoms with Gasteiger partial charge in [0.2, 0.25) is 0 Å². The highest BCUT2D eigenvalue weighted by atomic mass is 79.9. The van der Waals surface area contributed by atoms with Crippen LogP contribution in [0.25, 0.3) is 0 Å². The quantitative estimate of drug-likeness (QED) is 0.748. The second-order valence-corrected chi connectivity index (χ2v) is 6.50. The molecule has 1 rings (SSSR count). The number of halogens is 1. The van der Waals surface area contributed by atoms with Gasteiger partial charge in [-0.3, -0.25) is 0 Å². The first-order chi connectivity index (χ1) is 5.97. The highest BCUT2D eigenvalue weighted by Crippen LogP contribution is 2.27. The molecule has 1 aromatic heterocycles. The maximum absolute atomic E-state index is 4.09. The van der Waals surface area contributed by atoms with Gasteiger partial charge in [0.05, 0.1) is 0 Å². The van der Waals surface area contributed by atoms with Crippen molar-refractivity contribution < 1.29 is 0 Å². The number of hydrogen-bond donors (Lipinski definition) is 0. The van der Waals surface area contributed by atoms with Crippen LogP contribution in [0.3, 0.4) is 0 Å². The van der Waals surface area contributed by atoms with Crippen molar-refractivity contribution in [2.75, 3.05) is 0 Å². The molecule has 0 aliphatic rings. The Kier molecular flexibility index (Phi) is 3.80. The summed E-state index contributed by atoms with van der Waals surface area (Å²) >= 11 is 5.31. The van der Waals surface area contributed by atoms with Crippen LogP contribution in [0, 0.1) is 0 Å². The van der Waals surface area contributed by atoms with E-state index in [0.717, 1.165) is 10.4 Å². The lowest BCUT2D eigenvalue weighted by atomic mass is 10.3. The molecule has 1 heterocycles. The Balaban J connectivity index is 2.55. The first kappa shape index (κ1) is 11.1. The standard InChI is InChI=1S/C10H14BrNS/c1-10(2,3)13-7-8-4-5-12-9(11)6-8/h4-6H,7H2,1-3H3. The van der Waals surface area contributed by atoms with E-state index in [2.05, 4.69) is 53.8 Å². The summed E-state index contributed by atoms with van der Waals surface area (Å²) in [7, 11) is 0. The van der Waals surface area contributed by atoms with Gasteiger partial charge in [0.1, 0.15) is 4.60 Å². The molecule has 0 radical (unpaired) electrons. The van der Waals surface area contributed by atoms with E-state index in [1.807, 2.05) is 18.0 Å². The van der Waals surface area contributed by atoms with E-state index in [-0.39, 0.29) is 0 Å². The second-order valence-electron chi connectivity index (χ2n) is 3.89. The Labute approximate surface area is 92.5 Å². The molecular weight excluding hydrogens is 246 g/mol. The first-order valence-corrected chi connectivity index (χ1v) is 6.00. The second kappa shape index (κ2) is 4.47. The van der Waals surface area contributed by atoms with Gasteiger partial charge in [0, 0.05) is 16.7 Å². The smallest absolute Gasteiger partial charge is 0.106 e. The van der Waals surface area contributed by atoms with Gasteiger partial charge in [-0.15, -0.1) is 0 Å². The SMILES string of the molecule is CC(C)(C)SCc1ccnc(Br)c1. The van der Waals surface area contributed by atoms with E-state index < -0.39 is 0 Å². The van der Waals surface area contributed by atoms with Gasteiger partial charge in [-0.25, -0.2) is 4.98 Å². The summed E-state index contributed by atoms with van der Waals surface area (Å²) in [5, 5.41) is 0. The van der Waals surface area contributed by atoms with Crippen molar-refractivity contribution in [3.05, 3.63) is 28.5 Å². The molecule has 1 nitrogen and oxygen atoms in total. The summed E-state index contributed by atoms with van der Waals surface area (Å²) in [4.78, 5) is 4.09. The topological polar surface area (TPSA) is 12.9 Å². The van der Waals surface area contributed by atoms with Gasteiger partial charge in [-0.2, -0.15) is 11.8 Å². The number of pyridine rings is 1. The van der Waals surface area contributed by atoms with Crippen molar-refractivity contribution in [2.45, 2.75) is 31.3 Å². The summed E-state index contributed by atoms with van der Waals surface area (Å²) in [6.45, 7) is 6.69. The molecule has 0 aliphatic heterocycles. The lowest BCUT2D eigenvalue weighted by Crippen LogP contribution is -2.07. The summed E-state index contributed by atoms with van der Waals surface area (Å²) in [6.07, 6.45) is 1.84. The summed E-state index contributed by atoms with van der Waals surface area (Å²) < 4.78 is 1.25. The summed E-state index contributed by atoms with van der Waals surface area (Å²) in [5.74, 6) is 1.05. The molecule has 0 aromatic carbocycles. The van der Waals surface area contributed by atoms with Crippen LogP contribution in [-0.2, 0) is 5.75 Å². The molecule has 0 saturated heterocycles. The van der Waals surface area contributed by atoms with E-state index in [4.69, 9.17) is 0 Å². The fourth-order valence-electron chi connectivity index (χ4n) is 0.832. The van der Waals surface area contributed by atoms with Crippen molar-refractivity contribution in [1.29, 1.82) is 0 Å². The molecule has 0 amide bonds. The minimum absolute atomic E-state index is 0.329. The molecule has 0 fully saturated rings. The maximum Gasteiger partial charge on any atom is 0.106 e. The van der Waals surface area contributed by atoms with Crippen molar-refractivity contribution in [2.24, 2.45) is 0 Å².